The number of benzene rings is 3. The lowest BCUT2D eigenvalue weighted by Gasteiger charge is -2.16. The molecule has 0 aliphatic heterocycles. The number of aromatic nitrogens is 1. The highest BCUT2D eigenvalue weighted by Crippen LogP contribution is 2.49. The van der Waals surface area contributed by atoms with Crippen molar-refractivity contribution < 1.29 is 50.4 Å². The number of phenols is 1. The van der Waals surface area contributed by atoms with Gasteiger partial charge >= 0.3 is 5.63 Å². The number of aromatic hydroxyl groups is 1. The number of pyridine rings is 1. The molecule has 6 aromatic rings. The molecule has 6 rings (SSSR count). The first-order chi connectivity index (χ1) is 21.0. The normalized spacial score (nSPS) is 11.8. The zero-order valence-corrected chi connectivity index (χ0v) is 24.7. The first-order valence-corrected chi connectivity index (χ1v) is 14.1. The quantitative estimate of drug-likeness (QED) is 0.142. The third-order valence-electron chi connectivity index (χ3n) is 7.31. The molecule has 0 atom stereocenters. The van der Waals surface area contributed by atoms with Gasteiger partial charge in [-0.15, -0.1) is 0 Å². The maximum atomic E-state index is 13.7. The Morgan fingerprint density at radius 1 is 0.750 bits per heavy atom. The van der Waals surface area contributed by atoms with Gasteiger partial charge in [0.1, 0.15) is 11.1 Å². The second-order valence-electron chi connectivity index (χ2n) is 9.51. The fourth-order valence-electron chi connectivity index (χ4n) is 5.57. The van der Waals surface area contributed by atoms with E-state index in [0.29, 0.717) is 55.4 Å². The zero-order chi connectivity index (χ0) is 31.5. The molecular weight excluding hydrogens is 598 g/mol. The lowest BCUT2D eigenvalue weighted by molar-refractivity contribution is 0.327. The van der Waals surface area contributed by atoms with Crippen LogP contribution >= 0.6 is 0 Å². The van der Waals surface area contributed by atoms with Gasteiger partial charge in [-0.3, -0.25) is 0 Å². The van der Waals surface area contributed by atoms with Crippen LogP contribution in [-0.4, -0.2) is 58.0 Å². The second-order valence-corrected chi connectivity index (χ2v) is 10.5. The molecule has 13 nitrogen and oxygen atoms in total. The third kappa shape index (κ3) is 4.34. The fraction of sp³-hybridized carbons (Fsp3) is 0.167. The highest BCUT2D eigenvalue weighted by molar-refractivity contribution is 7.81. The zero-order valence-electron chi connectivity index (χ0n) is 23.9. The first kappa shape index (κ1) is 28.8. The van der Waals surface area contributed by atoms with E-state index in [2.05, 4.69) is 4.18 Å². The summed E-state index contributed by atoms with van der Waals surface area (Å²) in [5, 5.41) is 12.3. The maximum absolute atomic E-state index is 13.7. The minimum Gasteiger partial charge on any atom is -0.716 e. The molecule has 0 unspecified atom stereocenters. The Kier molecular flexibility index (Phi) is 6.82. The van der Waals surface area contributed by atoms with E-state index < -0.39 is 21.8 Å². The number of nitrogens with zero attached hydrogens (tertiary/aromatic N) is 1. The Bertz CT molecular complexity index is 2300. The topological polar surface area (TPSA) is 167 Å². The molecule has 0 amide bonds. The van der Waals surface area contributed by atoms with Crippen LogP contribution in [0.4, 0.5) is 0 Å². The summed E-state index contributed by atoms with van der Waals surface area (Å²) in [5.74, 6) is 0.635. The van der Waals surface area contributed by atoms with Crippen molar-refractivity contribution in [3.05, 3.63) is 59.1 Å². The summed E-state index contributed by atoms with van der Waals surface area (Å²) in [6.07, 6.45) is 1.68. The average Bonchev–Trinajstić information content (AvgIpc) is 3.35. The van der Waals surface area contributed by atoms with Gasteiger partial charge in [-0.1, -0.05) is 6.07 Å². The van der Waals surface area contributed by atoms with Crippen LogP contribution in [0.3, 0.4) is 0 Å². The van der Waals surface area contributed by atoms with E-state index in [4.69, 9.17) is 28.1 Å². The number of ether oxygens (including phenoxy) is 5. The minimum absolute atomic E-state index is 0.0778. The molecule has 0 saturated carbocycles. The van der Waals surface area contributed by atoms with E-state index in [-0.39, 0.29) is 28.3 Å². The van der Waals surface area contributed by atoms with E-state index >= 15 is 0 Å². The Hall–Kier alpha value is -5.34. The van der Waals surface area contributed by atoms with Gasteiger partial charge in [0.05, 0.1) is 41.1 Å². The summed E-state index contributed by atoms with van der Waals surface area (Å²) in [6, 6.07) is 10.7. The third-order valence-corrected chi connectivity index (χ3v) is 7.69. The number of fused-ring (bicyclic) bond motifs is 7. The van der Waals surface area contributed by atoms with E-state index in [1.54, 1.807) is 34.9 Å². The molecular formula is C30H24NO12S-. The molecule has 44 heavy (non-hydrogen) atoms. The van der Waals surface area contributed by atoms with E-state index in [1.165, 1.54) is 47.7 Å². The van der Waals surface area contributed by atoms with Crippen molar-refractivity contribution in [3.63, 3.8) is 0 Å². The SMILES string of the molecule is COc1cc(-c2c3c4cc(OC)c(OS(=O)(=O)[O-])cc4oc(=O)c3n3ccc4c(OC)c(OC)c(OC)cc4c23)ccc1O. The Labute approximate surface area is 249 Å². The van der Waals surface area contributed by atoms with Crippen molar-refractivity contribution in [2.45, 2.75) is 0 Å². The van der Waals surface area contributed by atoms with Crippen LogP contribution in [0.2, 0.25) is 0 Å². The Morgan fingerprint density at radius 2 is 1.43 bits per heavy atom. The number of hydrogen-bond donors (Lipinski definition) is 1. The summed E-state index contributed by atoms with van der Waals surface area (Å²) in [5.41, 5.74) is 0.881. The summed E-state index contributed by atoms with van der Waals surface area (Å²) >= 11 is 0. The van der Waals surface area contributed by atoms with Crippen LogP contribution in [0.25, 0.3) is 49.3 Å². The van der Waals surface area contributed by atoms with Crippen LogP contribution in [0.1, 0.15) is 0 Å². The lowest BCUT2D eigenvalue weighted by Crippen LogP contribution is -2.08. The smallest absolute Gasteiger partial charge is 0.361 e. The van der Waals surface area contributed by atoms with E-state index in [9.17, 15) is 22.9 Å². The molecule has 1 N–H and O–H groups in total. The molecule has 0 saturated heterocycles. The molecule has 0 fully saturated rings. The van der Waals surface area contributed by atoms with E-state index in [0.717, 1.165) is 6.07 Å². The number of phenolic OH excluding ortho intramolecular Hbond substituents is 1. The van der Waals surface area contributed by atoms with Crippen LogP contribution in [-0.2, 0) is 10.4 Å². The van der Waals surface area contributed by atoms with Gasteiger partial charge in [0.25, 0.3) is 10.4 Å². The van der Waals surface area contributed by atoms with Crippen molar-refractivity contribution in [2.75, 3.05) is 35.5 Å². The average molecular weight is 623 g/mol. The van der Waals surface area contributed by atoms with Gasteiger partial charge in [-0.25, -0.2) is 13.2 Å². The predicted molar refractivity (Wildman–Crippen MR) is 159 cm³/mol. The van der Waals surface area contributed by atoms with Gasteiger partial charge in [0.15, 0.2) is 34.5 Å². The fourth-order valence-corrected chi connectivity index (χ4v) is 5.92. The van der Waals surface area contributed by atoms with Gasteiger partial charge < -0.3 is 46.3 Å². The molecule has 0 spiro atoms. The first-order valence-electron chi connectivity index (χ1n) is 12.8. The van der Waals surface area contributed by atoms with Crippen molar-refractivity contribution in [1.82, 2.24) is 4.40 Å². The van der Waals surface area contributed by atoms with Crippen molar-refractivity contribution in [1.29, 1.82) is 0 Å². The van der Waals surface area contributed by atoms with Crippen molar-refractivity contribution in [2.24, 2.45) is 0 Å². The summed E-state index contributed by atoms with van der Waals surface area (Å²) in [6.45, 7) is 0. The molecule has 0 bridgehead atoms. The second kappa shape index (κ2) is 10.4. The Morgan fingerprint density at radius 3 is 2.07 bits per heavy atom. The van der Waals surface area contributed by atoms with Crippen LogP contribution in [0, 0.1) is 0 Å². The minimum atomic E-state index is -5.18. The molecule has 0 aliphatic rings. The molecule has 3 heterocycles. The van der Waals surface area contributed by atoms with Gasteiger partial charge in [-0.2, -0.15) is 0 Å². The van der Waals surface area contributed by atoms with Crippen molar-refractivity contribution in [3.8, 4) is 51.4 Å². The molecule has 14 heteroatoms. The standard InChI is InChI=1S/C30H25NO12S/c1-37-20-10-14(6-7-18(20)32)24-25-17-12-21(38-2)22(43-44(34,35)36)13-19(17)42-30(33)27(25)31-9-8-15-16(26(24)31)11-23(39-3)29(41-5)28(15)40-4/h6-13,32H,1-5H3,(H,34,35,36)/p-1. The maximum Gasteiger partial charge on any atom is 0.361 e. The Balaban J connectivity index is 1.90. The summed E-state index contributed by atoms with van der Waals surface area (Å²) in [4.78, 5) is 13.7. The van der Waals surface area contributed by atoms with Gasteiger partial charge in [-0.05, 0) is 35.9 Å². The summed E-state index contributed by atoms with van der Waals surface area (Å²) in [7, 11) is 1.97. The highest BCUT2D eigenvalue weighted by atomic mass is 32.3. The number of methoxy groups -OCH3 is 5. The van der Waals surface area contributed by atoms with Crippen LogP contribution in [0.15, 0.2) is 57.9 Å². The monoisotopic (exact) mass is 622 g/mol. The molecule has 3 aromatic heterocycles. The van der Waals surface area contributed by atoms with Crippen LogP contribution in [0.5, 0.6) is 40.2 Å². The molecule has 3 aromatic carbocycles. The van der Waals surface area contributed by atoms with E-state index in [1.807, 2.05) is 0 Å². The lowest BCUT2D eigenvalue weighted by atomic mass is 9.97. The molecule has 0 radical (unpaired) electrons. The molecule has 228 valence electrons. The largest absolute Gasteiger partial charge is 0.716 e. The van der Waals surface area contributed by atoms with Crippen LogP contribution < -0.4 is 33.5 Å². The summed E-state index contributed by atoms with van der Waals surface area (Å²) < 4.78 is 73.8. The number of hydrogen-bond acceptors (Lipinski definition) is 12. The van der Waals surface area contributed by atoms with Gasteiger partial charge in [0, 0.05) is 39.4 Å². The number of rotatable bonds is 8. The van der Waals surface area contributed by atoms with Gasteiger partial charge in [0.2, 0.25) is 5.75 Å². The predicted octanol–water partition coefficient (Wildman–Crippen LogP) is 4.61. The molecule has 0 aliphatic carbocycles. The highest BCUT2D eigenvalue weighted by Gasteiger charge is 2.27. The van der Waals surface area contributed by atoms with Crippen molar-refractivity contribution >= 4 is 48.6 Å².